The first-order valence-electron chi connectivity index (χ1n) is 8.78. The zero-order valence-corrected chi connectivity index (χ0v) is 14.8. The van der Waals surface area contributed by atoms with E-state index < -0.39 is 0 Å². The highest BCUT2D eigenvalue weighted by molar-refractivity contribution is 5.99. The van der Waals surface area contributed by atoms with Gasteiger partial charge >= 0.3 is 6.03 Å². The molecule has 4 heteroatoms. The first-order valence-corrected chi connectivity index (χ1v) is 8.78. The molecule has 0 heterocycles. The zero-order valence-electron chi connectivity index (χ0n) is 14.8. The molecule has 0 radical (unpaired) electrons. The summed E-state index contributed by atoms with van der Waals surface area (Å²) in [5, 5.41) is 5.73. The van der Waals surface area contributed by atoms with E-state index in [1.807, 2.05) is 43.3 Å². The molecule has 2 N–H and O–H groups in total. The third-order valence-electron chi connectivity index (χ3n) is 4.87. The van der Waals surface area contributed by atoms with Crippen LogP contribution in [0.2, 0.25) is 0 Å². The van der Waals surface area contributed by atoms with E-state index in [1.54, 1.807) is 6.92 Å². The predicted octanol–water partition coefficient (Wildman–Crippen LogP) is 4.72. The van der Waals surface area contributed by atoms with Crippen molar-refractivity contribution in [3.63, 3.8) is 0 Å². The number of urea groups is 1. The summed E-state index contributed by atoms with van der Waals surface area (Å²) in [6.07, 6.45) is 3.62. The van der Waals surface area contributed by atoms with Gasteiger partial charge in [0.25, 0.3) is 0 Å². The van der Waals surface area contributed by atoms with Gasteiger partial charge in [-0.05, 0) is 74.9 Å². The number of ketones is 1. The Morgan fingerprint density at radius 1 is 0.880 bits per heavy atom. The van der Waals surface area contributed by atoms with Gasteiger partial charge in [-0.3, -0.25) is 4.79 Å². The highest BCUT2D eigenvalue weighted by Crippen LogP contribution is 2.27. The van der Waals surface area contributed by atoms with Crippen LogP contribution in [0.25, 0.3) is 0 Å². The first-order chi connectivity index (χ1) is 12.0. The number of fused-ring (bicyclic) bond motifs is 1. The van der Waals surface area contributed by atoms with E-state index >= 15 is 0 Å². The van der Waals surface area contributed by atoms with Gasteiger partial charge in [-0.2, -0.15) is 0 Å². The molecule has 2 aromatic rings. The number of rotatable bonds is 3. The van der Waals surface area contributed by atoms with Gasteiger partial charge in [0.2, 0.25) is 0 Å². The summed E-state index contributed by atoms with van der Waals surface area (Å²) >= 11 is 0. The number of nitrogens with one attached hydrogen (secondary N) is 2. The van der Waals surface area contributed by atoms with E-state index in [0.29, 0.717) is 0 Å². The minimum Gasteiger partial charge on any atom is -0.308 e. The lowest BCUT2D eigenvalue weighted by molar-refractivity contribution is -0.121. The summed E-state index contributed by atoms with van der Waals surface area (Å²) in [5.74, 6) is 0.442. The summed E-state index contributed by atoms with van der Waals surface area (Å²) in [6, 6.07) is 13.5. The number of carbonyl (C=O) groups is 2. The van der Waals surface area contributed by atoms with Gasteiger partial charge in [0.1, 0.15) is 5.78 Å². The number of Topliss-reactive ketones (excluding diaryl/α,β-unsaturated/α-hetero) is 1. The van der Waals surface area contributed by atoms with E-state index in [0.717, 1.165) is 42.6 Å². The molecule has 130 valence electrons. The van der Waals surface area contributed by atoms with Crippen LogP contribution in [-0.4, -0.2) is 11.8 Å². The van der Waals surface area contributed by atoms with Crippen LogP contribution in [0.3, 0.4) is 0 Å². The van der Waals surface area contributed by atoms with Crippen molar-refractivity contribution in [2.45, 2.75) is 39.5 Å². The average molecular weight is 336 g/mol. The maximum absolute atomic E-state index is 12.2. The molecule has 0 saturated heterocycles. The predicted molar refractivity (Wildman–Crippen MR) is 101 cm³/mol. The van der Waals surface area contributed by atoms with E-state index in [1.165, 1.54) is 11.1 Å². The Balaban J connectivity index is 1.65. The Kier molecular flexibility index (Phi) is 5.17. The third-order valence-corrected chi connectivity index (χ3v) is 4.87. The van der Waals surface area contributed by atoms with Crippen LogP contribution in [0.4, 0.5) is 16.2 Å². The topological polar surface area (TPSA) is 58.2 Å². The van der Waals surface area contributed by atoms with Gasteiger partial charge < -0.3 is 10.6 Å². The first kappa shape index (κ1) is 17.2. The molecule has 1 aliphatic rings. The lowest BCUT2D eigenvalue weighted by atomic mass is 9.96. The van der Waals surface area contributed by atoms with Crippen LogP contribution >= 0.6 is 0 Å². The number of carbonyl (C=O) groups excluding carboxylic acids is 2. The molecule has 3 rings (SSSR count). The lowest BCUT2D eigenvalue weighted by Crippen LogP contribution is -2.19. The maximum Gasteiger partial charge on any atom is 0.323 e. The Morgan fingerprint density at radius 3 is 2.16 bits per heavy atom. The largest absolute Gasteiger partial charge is 0.323 e. The van der Waals surface area contributed by atoms with Gasteiger partial charge in [0.15, 0.2) is 0 Å². The minimum absolute atomic E-state index is 0.161. The number of hydrogen-bond donors (Lipinski definition) is 2. The van der Waals surface area contributed by atoms with Crippen molar-refractivity contribution in [1.29, 1.82) is 0 Å². The molecule has 0 saturated carbocycles. The zero-order chi connectivity index (χ0) is 17.8. The van der Waals surface area contributed by atoms with Crippen molar-refractivity contribution in [3.05, 3.63) is 59.2 Å². The fourth-order valence-corrected chi connectivity index (χ4v) is 3.32. The number of benzene rings is 2. The van der Waals surface area contributed by atoms with Crippen molar-refractivity contribution in [2.75, 3.05) is 10.6 Å². The molecule has 1 atom stereocenters. The van der Waals surface area contributed by atoms with Gasteiger partial charge in [0, 0.05) is 17.3 Å². The van der Waals surface area contributed by atoms with Crippen LogP contribution < -0.4 is 10.6 Å². The molecule has 0 bridgehead atoms. The van der Waals surface area contributed by atoms with Crippen LogP contribution in [0.15, 0.2) is 42.5 Å². The van der Waals surface area contributed by atoms with E-state index in [2.05, 4.69) is 16.7 Å². The highest BCUT2D eigenvalue weighted by Gasteiger charge is 2.19. The quantitative estimate of drug-likeness (QED) is 0.797. The van der Waals surface area contributed by atoms with Crippen molar-refractivity contribution >= 4 is 23.2 Å². The van der Waals surface area contributed by atoms with E-state index in [-0.39, 0.29) is 17.7 Å². The molecule has 0 aromatic heterocycles. The van der Waals surface area contributed by atoms with Gasteiger partial charge in [-0.25, -0.2) is 4.79 Å². The van der Waals surface area contributed by atoms with Crippen LogP contribution in [0, 0.1) is 12.8 Å². The molecular formula is C21H24N2O2. The summed E-state index contributed by atoms with van der Waals surface area (Å²) in [7, 11) is 0. The van der Waals surface area contributed by atoms with Crippen molar-refractivity contribution in [1.82, 2.24) is 0 Å². The summed E-state index contributed by atoms with van der Waals surface area (Å²) in [6.45, 7) is 3.69. The molecular weight excluding hydrogens is 312 g/mol. The molecule has 2 aromatic carbocycles. The second-order valence-corrected chi connectivity index (χ2v) is 6.81. The fourth-order valence-electron chi connectivity index (χ4n) is 3.32. The monoisotopic (exact) mass is 336 g/mol. The number of anilines is 2. The Morgan fingerprint density at radius 2 is 1.48 bits per heavy atom. The molecule has 0 fully saturated rings. The molecule has 1 unspecified atom stereocenters. The molecule has 2 amide bonds. The van der Waals surface area contributed by atoms with Crippen LogP contribution in [-0.2, 0) is 17.6 Å². The van der Waals surface area contributed by atoms with Crippen molar-refractivity contribution in [3.8, 4) is 0 Å². The van der Waals surface area contributed by atoms with Crippen LogP contribution in [0.5, 0.6) is 0 Å². The fraction of sp³-hybridized carbons (Fsp3) is 0.333. The average Bonchev–Trinajstić information content (AvgIpc) is 2.79. The summed E-state index contributed by atoms with van der Waals surface area (Å²) < 4.78 is 0. The molecule has 0 spiro atoms. The standard InChI is InChI=1S/C21H24N2O2/c1-14-3-10-19(11-4-14)22-21(25)23-20-12-9-17-7-5-16(15(2)24)6-8-18(17)13-20/h3-4,9-13,16H,5-8H2,1-2H3,(H2,22,23,25). The Labute approximate surface area is 148 Å². The smallest absolute Gasteiger partial charge is 0.308 e. The number of aryl methyl sites for hydroxylation is 3. The summed E-state index contributed by atoms with van der Waals surface area (Å²) in [5.41, 5.74) is 5.22. The highest BCUT2D eigenvalue weighted by atomic mass is 16.2. The Hall–Kier alpha value is -2.62. The van der Waals surface area contributed by atoms with Crippen LogP contribution in [0.1, 0.15) is 36.5 Å². The molecule has 4 nitrogen and oxygen atoms in total. The summed E-state index contributed by atoms with van der Waals surface area (Å²) in [4.78, 5) is 23.8. The van der Waals surface area contributed by atoms with Crippen molar-refractivity contribution < 1.29 is 9.59 Å². The normalized spacial score (nSPS) is 16.5. The minimum atomic E-state index is -0.251. The number of hydrogen-bond acceptors (Lipinski definition) is 2. The van der Waals surface area contributed by atoms with E-state index in [4.69, 9.17) is 0 Å². The third kappa shape index (κ3) is 4.47. The second kappa shape index (κ2) is 7.51. The van der Waals surface area contributed by atoms with Gasteiger partial charge in [-0.15, -0.1) is 0 Å². The maximum atomic E-state index is 12.2. The second-order valence-electron chi connectivity index (χ2n) is 6.81. The van der Waals surface area contributed by atoms with Crippen molar-refractivity contribution in [2.24, 2.45) is 5.92 Å². The Bertz CT molecular complexity index is 781. The molecule has 0 aliphatic heterocycles. The van der Waals surface area contributed by atoms with Gasteiger partial charge in [0.05, 0.1) is 0 Å². The van der Waals surface area contributed by atoms with Gasteiger partial charge in [-0.1, -0.05) is 23.8 Å². The van der Waals surface area contributed by atoms with E-state index in [9.17, 15) is 9.59 Å². The lowest BCUT2D eigenvalue weighted by Gasteiger charge is -2.11. The molecule has 25 heavy (non-hydrogen) atoms. The SMILES string of the molecule is CC(=O)C1CCc2ccc(NC(=O)Nc3ccc(C)cc3)cc2CC1. The number of amides is 2. The molecule has 1 aliphatic carbocycles.